The Bertz CT molecular complexity index is 433. The van der Waals surface area contributed by atoms with Gasteiger partial charge in [-0.1, -0.05) is 23.8 Å². The van der Waals surface area contributed by atoms with Crippen molar-refractivity contribution in [3.05, 3.63) is 29.3 Å². The van der Waals surface area contributed by atoms with Crippen LogP contribution in [0.15, 0.2) is 18.2 Å². The molecule has 0 saturated heterocycles. The minimum absolute atomic E-state index is 0.249. The molecule has 0 saturated carbocycles. The highest BCUT2D eigenvalue weighted by atomic mass is 32.1. The molecule has 5 heteroatoms. The number of methoxy groups -OCH3 is 1. The van der Waals surface area contributed by atoms with Crippen molar-refractivity contribution in [2.24, 2.45) is 5.73 Å². The number of nitrogens with one attached hydrogen (secondary N) is 1. The average molecular weight is 252 g/mol. The topological polar surface area (TPSA) is 64.3 Å². The number of thiocarbonyl (C=S) groups is 1. The molecule has 0 aliphatic carbocycles. The Kier molecular flexibility index (Phi) is 4.90. The van der Waals surface area contributed by atoms with Crippen LogP contribution in [0.1, 0.15) is 17.5 Å². The van der Waals surface area contributed by atoms with E-state index in [0.29, 0.717) is 18.0 Å². The first-order chi connectivity index (χ1) is 8.04. The average Bonchev–Trinajstić information content (AvgIpc) is 2.30. The Morgan fingerprint density at radius 1 is 1.53 bits per heavy atom. The van der Waals surface area contributed by atoms with E-state index in [4.69, 9.17) is 18.0 Å². The van der Waals surface area contributed by atoms with Crippen molar-refractivity contribution in [1.29, 1.82) is 0 Å². The molecule has 1 aromatic carbocycles. The van der Waals surface area contributed by atoms with Crippen molar-refractivity contribution < 1.29 is 9.53 Å². The number of rotatable bonds is 5. The van der Waals surface area contributed by atoms with Crippen LogP contribution >= 0.6 is 12.2 Å². The van der Waals surface area contributed by atoms with Crippen molar-refractivity contribution in [2.75, 3.05) is 19.0 Å². The number of hydrogen-bond donors (Lipinski definition) is 2. The molecule has 0 aliphatic heterocycles. The maximum absolute atomic E-state index is 11.0. The summed E-state index contributed by atoms with van der Waals surface area (Å²) in [5.41, 5.74) is 8.37. The summed E-state index contributed by atoms with van der Waals surface area (Å²) in [6, 6.07) is 5.78. The highest BCUT2D eigenvalue weighted by molar-refractivity contribution is 7.80. The SMILES string of the molecule is COC(=O)CCNc1ccc(C)cc1C(N)=S. The van der Waals surface area contributed by atoms with E-state index in [-0.39, 0.29) is 5.97 Å². The first kappa shape index (κ1) is 13.4. The number of carbonyl (C=O) groups excluding carboxylic acids is 1. The molecule has 0 spiro atoms. The molecule has 0 bridgehead atoms. The largest absolute Gasteiger partial charge is 0.469 e. The Labute approximate surface area is 106 Å². The number of aryl methyl sites for hydroxylation is 1. The summed E-state index contributed by atoms with van der Waals surface area (Å²) in [6.07, 6.45) is 0.307. The molecule has 17 heavy (non-hydrogen) atoms. The van der Waals surface area contributed by atoms with Crippen LogP contribution in [0.2, 0.25) is 0 Å². The zero-order valence-electron chi connectivity index (χ0n) is 9.95. The number of nitrogens with two attached hydrogens (primary N) is 1. The number of ether oxygens (including phenoxy) is 1. The number of esters is 1. The van der Waals surface area contributed by atoms with Crippen LogP contribution < -0.4 is 11.1 Å². The predicted molar refractivity (Wildman–Crippen MR) is 72.2 cm³/mol. The quantitative estimate of drug-likeness (QED) is 0.615. The van der Waals surface area contributed by atoms with Gasteiger partial charge < -0.3 is 15.8 Å². The summed E-state index contributed by atoms with van der Waals surface area (Å²) in [7, 11) is 1.37. The number of anilines is 1. The number of hydrogen-bond acceptors (Lipinski definition) is 4. The van der Waals surface area contributed by atoms with E-state index >= 15 is 0 Å². The van der Waals surface area contributed by atoms with E-state index in [0.717, 1.165) is 16.8 Å². The Morgan fingerprint density at radius 2 is 2.24 bits per heavy atom. The van der Waals surface area contributed by atoms with Crippen LogP contribution in [0.3, 0.4) is 0 Å². The zero-order valence-corrected chi connectivity index (χ0v) is 10.8. The van der Waals surface area contributed by atoms with Gasteiger partial charge in [0.1, 0.15) is 4.99 Å². The van der Waals surface area contributed by atoms with Gasteiger partial charge in [0.2, 0.25) is 0 Å². The highest BCUT2D eigenvalue weighted by Crippen LogP contribution is 2.17. The van der Waals surface area contributed by atoms with Crippen LogP contribution in [0.4, 0.5) is 5.69 Å². The molecule has 0 aromatic heterocycles. The molecule has 4 nitrogen and oxygen atoms in total. The van der Waals surface area contributed by atoms with Crippen molar-refractivity contribution in [3.8, 4) is 0 Å². The third-order valence-electron chi connectivity index (χ3n) is 2.31. The molecule has 0 fully saturated rings. The van der Waals surface area contributed by atoms with E-state index in [1.807, 2.05) is 25.1 Å². The summed E-state index contributed by atoms with van der Waals surface area (Å²) in [5, 5.41) is 3.12. The summed E-state index contributed by atoms with van der Waals surface area (Å²) < 4.78 is 4.56. The summed E-state index contributed by atoms with van der Waals surface area (Å²) in [5.74, 6) is -0.249. The Hall–Kier alpha value is -1.62. The van der Waals surface area contributed by atoms with Crippen molar-refractivity contribution in [3.63, 3.8) is 0 Å². The molecule has 0 radical (unpaired) electrons. The maximum Gasteiger partial charge on any atom is 0.307 e. The minimum atomic E-state index is -0.249. The lowest BCUT2D eigenvalue weighted by Gasteiger charge is -2.11. The third-order valence-corrected chi connectivity index (χ3v) is 2.53. The fraction of sp³-hybridized carbons (Fsp3) is 0.333. The molecule has 1 aromatic rings. The van der Waals surface area contributed by atoms with E-state index in [1.165, 1.54) is 7.11 Å². The van der Waals surface area contributed by atoms with Gasteiger partial charge in [0, 0.05) is 17.8 Å². The maximum atomic E-state index is 11.0. The first-order valence-corrected chi connectivity index (χ1v) is 5.66. The fourth-order valence-corrected chi connectivity index (χ4v) is 1.59. The lowest BCUT2D eigenvalue weighted by Crippen LogP contribution is -2.15. The molecule has 92 valence electrons. The van der Waals surface area contributed by atoms with Crippen LogP contribution in [0.5, 0.6) is 0 Å². The second kappa shape index (κ2) is 6.20. The van der Waals surface area contributed by atoms with Crippen molar-refractivity contribution in [1.82, 2.24) is 0 Å². The van der Waals surface area contributed by atoms with Gasteiger partial charge in [-0.2, -0.15) is 0 Å². The van der Waals surface area contributed by atoms with Gasteiger partial charge in [-0.3, -0.25) is 4.79 Å². The molecule has 0 atom stereocenters. The van der Waals surface area contributed by atoms with Crippen molar-refractivity contribution in [2.45, 2.75) is 13.3 Å². The molecule has 3 N–H and O–H groups in total. The third kappa shape index (κ3) is 4.03. The van der Waals surface area contributed by atoms with Gasteiger partial charge in [0.15, 0.2) is 0 Å². The zero-order chi connectivity index (χ0) is 12.8. The molecule has 0 heterocycles. The van der Waals surface area contributed by atoms with Crippen LogP contribution in [-0.4, -0.2) is 24.6 Å². The van der Waals surface area contributed by atoms with E-state index in [1.54, 1.807) is 0 Å². The van der Waals surface area contributed by atoms with Gasteiger partial charge in [0.05, 0.1) is 13.5 Å². The molecule has 1 rings (SSSR count). The minimum Gasteiger partial charge on any atom is -0.469 e. The summed E-state index contributed by atoms with van der Waals surface area (Å²) in [6.45, 7) is 2.46. The fourth-order valence-electron chi connectivity index (χ4n) is 1.42. The second-order valence-electron chi connectivity index (χ2n) is 3.67. The Morgan fingerprint density at radius 3 is 2.82 bits per heavy atom. The van der Waals surface area contributed by atoms with Gasteiger partial charge in [0.25, 0.3) is 0 Å². The smallest absolute Gasteiger partial charge is 0.307 e. The summed E-state index contributed by atoms with van der Waals surface area (Å²) in [4.78, 5) is 11.3. The van der Waals surface area contributed by atoms with E-state index in [9.17, 15) is 4.79 Å². The Balaban J connectivity index is 2.70. The van der Waals surface area contributed by atoms with Crippen LogP contribution in [0, 0.1) is 6.92 Å². The van der Waals surface area contributed by atoms with E-state index < -0.39 is 0 Å². The van der Waals surface area contributed by atoms with Crippen LogP contribution in [0.25, 0.3) is 0 Å². The summed E-state index contributed by atoms with van der Waals surface area (Å²) >= 11 is 4.98. The molecular formula is C12H16N2O2S. The normalized spacial score (nSPS) is 9.76. The first-order valence-electron chi connectivity index (χ1n) is 5.25. The lowest BCUT2D eigenvalue weighted by atomic mass is 10.1. The van der Waals surface area contributed by atoms with Gasteiger partial charge in [-0.25, -0.2) is 0 Å². The van der Waals surface area contributed by atoms with Gasteiger partial charge in [-0.15, -0.1) is 0 Å². The van der Waals surface area contributed by atoms with Crippen LogP contribution in [-0.2, 0) is 9.53 Å². The molecular weight excluding hydrogens is 236 g/mol. The van der Waals surface area contributed by atoms with Crippen molar-refractivity contribution >= 4 is 28.9 Å². The molecule has 0 aliphatic rings. The highest BCUT2D eigenvalue weighted by Gasteiger charge is 2.06. The number of benzene rings is 1. The monoisotopic (exact) mass is 252 g/mol. The second-order valence-corrected chi connectivity index (χ2v) is 4.11. The number of carbonyl (C=O) groups is 1. The predicted octanol–water partition coefficient (Wildman–Crippen LogP) is 1.60. The lowest BCUT2D eigenvalue weighted by molar-refractivity contribution is -0.140. The standard InChI is InChI=1S/C12H16N2O2S/c1-8-3-4-10(9(7-8)12(13)17)14-6-5-11(15)16-2/h3-4,7,14H,5-6H2,1-2H3,(H2,13,17). The van der Waals surface area contributed by atoms with Gasteiger partial charge in [-0.05, 0) is 19.1 Å². The molecule has 0 unspecified atom stereocenters. The molecule has 0 amide bonds. The van der Waals surface area contributed by atoms with Gasteiger partial charge >= 0.3 is 5.97 Å². The van der Waals surface area contributed by atoms with E-state index in [2.05, 4.69) is 10.1 Å².